The Morgan fingerprint density at radius 1 is 1.24 bits per heavy atom. The zero-order valence-corrected chi connectivity index (χ0v) is 12.0. The van der Waals surface area contributed by atoms with Crippen LogP contribution in [0.2, 0.25) is 0 Å². The van der Waals surface area contributed by atoms with Gasteiger partial charge in [0.1, 0.15) is 12.0 Å². The van der Waals surface area contributed by atoms with Crippen molar-refractivity contribution in [1.82, 2.24) is 15.8 Å². The summed E-state index contributed by atoms with van der Waals surface area (Å²) in [5.41, 5.74) is 2.06. The zero-order chi connectivity index (χ0) is 14.9. The van der Waals surface area contributed by atoms with Crippen LogP contribution in [0.5, 0.6) is 5.75 Å². The van der Waals surface area contributed by atoms with Gasteiger partial charge in [0.15, 0.2) is 0 Å². The third-order valence-corrected chi connectivity index (χ3v) is 3.02. The first kappa shape index (κ1) is 14.9. The summed E-state index contributed by atoms with van der Waals surface area (Å²) in [6.07, 6.45) is 4.98. The van der Waals surface area contributed by atoms with Crippen LogP contribution < -0.4 is 15.4 Å². The van der Waals surface area contributed by atoms with Gasteiger partial charge in [0, 0.05) is 18.7 Å². The van der Waals surface area contributed by atoms with Crippen molar-refractivity contribution in [1.29, 1.82) is 0 Å². The molecule has 0 aliphatic rings. The number of ether oxygens (including phenoxy) is 1. The van der Waals surface area contributed by atoms with E-state index in [1.54, 1.807) is 19.6 Å². The van der Waals surface area contributed by atoms with Crippen molar-refractivity contribution in [3.63, 3.8) is 0 Å². The first-order valence-corrected chi connectivity index (χ1v) is 6.81. The molecular formula is C15H19N3O3. The van der Waals surface area contributed by atoms with Gasteiger partial charge >= 0.3 is 6.03 Å². The molecule has 0 unspecified atom stereocenters. The molecule has 0 bridgehead atoms. The number of aromatic nitrogens is 1. The van der Waals surface area contributed by atoms with Crippen molar-refractivity contribution < 1.29 is 14.1 Å². The average molecular weight is 289 g/mol. The van der Waals surface area contributed by atoms with Gasteiger partial charge in [-0.2, -0.15) is 0 Å². The van der Waals surface area contributed by atoms with Gasteiger partial charge in [0.2, 0.25) is 0 Å². The van der Waals surface area contributed by atoms with Gasteiger partial charge < -0.3 is 19.9 Å². The molecule has 2 amide bonds. The van der Waals surface area contributed by atoms with E-state index in [2.05, 4.69) is 15.8 Å². The number of amides is 2. The Morgan fingerprint density at radius 3 is 2.71 bits per heavy atom. The number of nitrogens with one attached hydrogen (secondary N) is 2. The smallest absolute Gasteiger partial charge is 0.315 e. The second kappa shape index (κ2) is 7.94. The van der Waals surface area contributed by atoms with Crippen molar-refractivity contribution >= 4 is 6.03 Å². The van der Waals surface area contributed by atoms with Crippen molar-refractivity contribution in [2.24, 2.45) is 0 Å². The van der Waals surface area contributed by atoms with Gasteiger partial charge in [0.05, 0.1) is 13.3 Å². The summed E-state index contributed by atoms with van der Waals surface area (Å²) in [7, 11) is 1.63. The molecule has 1 aromatic heterocycles. The van der Waals surface area contributed by atoms with Gasteiger partial charge in [-0.15, -0.1) is 0 Å². The second-order valence-corrected chi connectivity index (χ2v) is 4.59. The summed E-state index contributed by atoms with van der Waals surface area (Å²) in [5.74, 6) is 0.803. The Kier molecular flexibility index (Phi) is 5.63. The van der Waals surface area contributed by atoms with Gasteiger partial charge in [-0.3, -0.25) is 0 Å². The van der Waals surface area contributed by atoms with Crippen LogP contribution in [0.4, 0.5) is 4.79 Å². The van der Waals surface area contributed by atoms with E-state index in [4.69, 9.17) is 9.26 Å². The third-order valence-electron chi connectivity index (χ3n) is 3.02. The highest BCUT2D eigenvalue weighted by Gasteiger charge is 2.01. The molecule has 0 saturated heterocycles. The Morgan fingerprint density at radius 2 is 2.05 bits per heavy atom. The molecule has 2 aromatic rings. The predicted octanol–water partition coefficient (Wildman–Crippen LogP) is 2.12. The number of hydrogen-bond acceptors (Lipinski definition) is 4. The van der Waals surface area contributed by atoms with Crippen molar-refractivity contribution in [3.8, 4) is 5.75 Å². The molecule has 0 aliphatic heterocycles. The lowest BCUT2D eigenvalue weighted by atomic mass is 10.2. The van der Waals surface area contributed by atoms with Gasteiger partial charge in [-0.05, 0) is 30.5 Å². The van der Waals surface area contributed by atoms with E-state index < -0.39 is 0 Å². The lowest BCUT2D eigenvalue weighted by Crippen LogP contribution is -2.35. The number of hydrogen-bond donors (Lipinski definition) is 2. The molecule has 0 spiro atoms. The summed E-state index contributed by atoms with van der Waals surface area (Å²) in [4.78, 5) is 11.6. The Hall–Kier alpha value is -2.50. The summed E-state index contributed by atoms with van der Waals surface area (Å²) < 4.78 is 9.82. The summed E-state index contributed by atoms with van der Waals surface area (Å²) in [6, 6.07) is 7.41. The zero-order valence-electron chi connectivity index (χ0n) is 12.0. The Bertz CT molecular complexity index is 538. The monoisotopic (exact) mass is 289 g/mol. The molecule has 0 atom stereocenters. The van der Waals surface area contributed by atoms with Gasteiger partial charge in [-0.25, -0.2) is 4.79 Å². The molecule has 112 valence electrons. The fourth-order valence-corrected chi connectivity index (χ4v) is 1.83. The number of carbonyl (C=O) groups is 1. The topological polar surface area (TPSA) is 76.4 Å². The van der Waals surface area contributed by atoms with Crippen LogP contribution in [-0.2, 0) is 13.0 Å². The maximum Gasteiger partial charge on any atom is 0.315 e. The van der Waals surface area contributed by atoms with E-state index in [0.717, 1.165) is 29.7 Å². The second-order valence-electron chi connectivity index (χ2n) is 4.59. The molecule has 0 radical (unpaired) electrons. The minimum atomic E-state index is -0.170. The van der Waals surface area contributed by atoms with Crippen molar-refractivity contribution in [2.75, 3.05) is 13.7 Å². The molecule has 6 nitrogen and oxygen atoms in total. The number of carbonyl (C=O) groups excluding carboxylic acids is 1. The molecule has 0 fully saturated rings. The Balaban J connectivity index is 1.60. The lowest BCUT2D eigenvalue weighted by Gasteiger charge is -2.08. The number of rotatable bonds is 7. The van der Waals surface area contributed by atoms with Crippen molar-refractivity contribution in [2.45, 2.75) is 19.4 Å². The van der Waals surface area contributed by atoms with E-state index in [0.29, 0.717) is 13.1 Å². The normalized spacial score (nSPS) is 10.1. The number of nitrogens with zero attached hydrogens (tertiary/aromatic N) is 1. The first-order chi connectivity index (χ1) is 10.3. The largest absolute Gasteiger partial charge is 0.497 e. The van der Waals surface area contributed by atoms with Gasteiger partial charge in [-0.1, -0.05) is 17.3 Å². The van der Waals surface area contributed by atoms with Gasteiger partial charge in [0.25, 0.3) is 0 Å². The van der Waals surface area contributed by atoms with Crippen LogP contribution in [-0.4, -0.2) is 24.8 Å². The molecule has 2 rings (SSSR count). The summed E-state index contributed by atoms with van der Waals surface area (Å²) in [5, 5.41) is 9.25. The van der Waals surface area contributed by atoms with Crippen LogP contribution in [0.1, 0.15) is 17.5 Å². The lowest BCUT2D eigenvalue weighted by molar-refractivity contribution is 0.240. The first-order valence-electron chi connectivity index (χ1n) is 6.81. The minimum Gasteiger partial charge on any atom is -0.497 e. The van der Waals surface area contributed by atoms with E-state index in [-0.39, 0.29) is 6.03 Å². The number of benzene rings is 1. The van der Waals surface area contributed by atoms with Crippen molar-refractivity contribution in [3.05, 3.63) is 47.9 Å². The number of aryl methyl sites for hydroxylation is 1. The molecular weight excluding hydrogens is 270 g/mol. The molecule has 0 saturated carbocycles. The van der Waals surface area contributed by atoms with E-state index in [1.807, 2.05) is 24.3 Å². The standard InChI is InChI=1S/C15H19N3O3/c1-20-14-6-4-12(5-7-14)9-17-15(19)16-8-2-3-13-10-18-21-11-13/h4-7,10-11H,2-3,8-9H2,1H3,(H2,16,17,19). The summed E-state index contributed by atoms with van der Waals surface area (Å²) >= 11 is 0. The van der Waals surface area contributed by atoms with Crippen LogP contribution >= 0.6 is 0 Å². The van der Waals surface area contributed by atoms with Crippen LogP contribution in [0.15, 0.2) is 41.2 Å². The minimum absolute atomic E-state index is 0.170. The molecule has 21 heavy (non-hydrogen) atoms. The highest BCUT2D eigenvalue weighted by molar-refractivity contribution is 5.73. The molecule has 1 heterocycles. The summed E-state index contributed by atoms with van der Waals surface area (Å²) in [6.45, 7) is 1.10. The van der Waals surface area contributed by atoms with Crippen LogP contribution in [0.25, 0.3) is 0 Å². The van der Waals surface area contributed by atoms with Crippen LogP contribution in [0.3, 0.4) is 0 Å². The van der Waals surface area contributed by atoms with E-state index >= 15 is 0 Å². The van der Waals surface area contributed by atoms with E-state index in [9.17, 15) is 4.79 Å². The fraction of sp³-hybridized carbons (Fsp3) is 0.333. The SMILES string of the molecule is COc1ccc(CNC(=O)NCCCc2cnoc2)cc1. The van der Waals surface area contributed by atoms with E-state index in [1.165, 1.54) is 0 Å². The quantitative estimate of drug-likeness (QED) is 0.765. The molecule has 6 heteroatoms. The predicted molar refractivity (Wildman–Crippen MR) is 78.1 cm³/mol. The number of urea groups is 1. The molecule has 2 N–H and O–H groups in total. The van der Waals surface area contributed by atoms with Crippen LogP contribution in [0, 0.1) is 0 Å². The fourth-order valence-electron chi connectivity index (χ4n) is 1.83. The Labute approximate surface area is 123 Å². The number of methoxy groups -OCH3 is 1. The molecule has 0 aliphatic carbocycles. The maximum absolute atomic E-state index is 11.6. The highest BCUT2D eigenvalue weighted by atomic mass is 16.5. The average Bonchev–Trinajstić information content (AvgIpc) is 3.03. The third kappa shape index (κ3) is 5.18. The molecule has 1 aromatic carbocycles. The highest BCUT2D eigenvalue weighted by Crippen LogP contribution is 2.10. The maximum atomic E-state index is 11.6.